The highest BCUT2D eigenvalue weighted by Gasteiger charge is 2.18. The van der Waals surface area contributed by atoms with E-state index in [4.69, 9.17) is 4.74 Å². The van der Waals surface area contributed by atoms with Gasteiger partial charge in [-0.1, -0.05) is 47.1 Å². The number of halogens is 2. The van der Waals surface area contributed by atoms with Gasteiger partial charge in [-0.25, -0.2) is 4.39 Å². The Bertz CT molecular complexity index is 586. The summed E-state index contributed by atoms with van der Waals surface area (Å²) in [5.41, 5.74) is 1.28. The lowest BCUT2D eigenvalue weighted by atomic mass is 10.0. The maximum absolute atomic E-state index is 13.1. The van der Waals surface area contributed by atoms with Gasteiger partial charge >= 0.3 is 0 Å². The Hall–Kier alpha value is -1.39. The highest BCUT2D eigenvalue weighted by molar-refractivity contribution is 9.10. The van der Waals surface area contributed by atoms with Crippen LogP contribution in [-0.2, 0) is 0 Å². The lowest BCUT2D eigenvalue weighted by molar-refractivity contribution is 0.210. The molecule has 2 aromatic rings. The van der Waals surface area contributed by atoms with E-state index in [2.05, 4.69) is 15.9 Å². The van der Waals surface area contributed by atoms with Gasteiger partial charge in [0, 0.05) is 10.0 Å². The Morgan fingerprint density at radius 1 is 1.20 bits per heavy atom. The second kappa shape index (κ2) is 6.86. The summed E-state index contributed by atoms with van der Waals surface area (Å²) in [6.07, 6.45) is 0.0306. The lowest BCUT2D eigenvalue weighted by Gasteiger charge is -2.17. The Kier molecular flexibility index (Phi) is 5.15. The summed E-state index contributed by atoms with van der Waals surface area (Å²) in [5, 5.41) is 10.5. The Morgan fingerprint density at radius 3 is 2.65 bits per heavy atom. The van der Waals surface area contributed by atoms with Crippen molar-refractivity contribution >= 4 is 15.9 Å². The highest BCUT2D eigenvalue weighted by Crippen LogP contribution is 2.33. The van der Waals surface area contributed by atoms with Gasteiger partial charge in [-0.15, -0.1) is 0 Å². The summed E-state index contributed by atoms with van der Waals surface area (Å²) in [4.78, 5) is 0. The van der Waals surface area contributed by atoms with E-state index in [1.165, 1.54) is 12.1 Å². The maximum atomic E-state index is 13.1. The first-order valence-electron chi connectivity index (χ1n) is 6.48. The van der Waals surface area contributed by atoms with Crippen LogP contribution in [0, 0.1) is 5.82 Å². The molecule has 2 rings (SSSR count). The van der Waals surface area contributed by atoms with Gasteiger partial charge < -0.3 is 9.84 Å². The van der Waals surface area contributed by atoms with Crippen molar-refractivity contribution < 1.29 is 14.2 Å². The maximum Gasteiger partial charge on any atom is 0.125 e. The quantitative estimate of drug-likeness (QED) is 0.872. The molecule has 106 valence electrons. The average molecular weight is 339 g/mol. The van der Waals surface area contributed by atoms with Crippen LogP contribution in [0.15, 0.2) is 46.9 Å². The van der Waals surface area contributed by atoms with Gasteiger partial charge in [-0.05, 0) is 30.2 Å². The molecule has 4 heteroatoms. The van der Waals surface area contributed by atoms with Crippen LogP contribution < -0.4 is 4.74 Å². The molecule has 0 fully saturated rings. The van der Waals surface area contributed by atoms with Crippen molar-refractivity contribution in [1.82, 2.24) is 0 Å². The van der Waals surface area contributed by atoms with E-state index >= 15 is 0 Å². The minimum Gasteiger partial charge on any atom is -0.493 e. The van der Waals surface area contributed by atoms with Crippen molar-refractivity contribution in [2.45, 2.75) is 19.4 Å². The van der Waals surface area contributed by atoms with Crippen LogP contribution in [0.25, 0.3) is 0 Å². The van der Waals surface area contributed by atoms with Gasteiger partial charge in [-0.3, -0.25) is 0 Å². The van der Waals surface area contributed by atoms with Gasteiger partial charge in [0.05, 0.1) is 6.61 Å². The predicted octanol–water partition coefficient (Wildman–Crippen LogP) is 4.46. The number of aliphatic hydroxyl groups is 1. The SMILES string of the molecule is CCCOc1ccccc1C(O)c1ccc(F)cc1Br. The molecule has 1 unspecified atom stereocenters. The summed E-state index contributed by atoms with van der Waals surface area (Å²) in [5.74, 6) is 0.307. The number of rotatable bonds is 5. The topological polar surface area (TPSA) is 29.5 Å². The summed E-state index contributed by atoms with van der Waals surface area (Å²) in [6.45, 7) is 2.62. The first kappa shape index (κ1) is 15.0. The van der Waals surface area contributed by atoms with Crippen LogP contribution in [0.5, 0.6) is 5.75 Å². The Labute approximate surface area is 126 Å². The molecule has 0 aliphatic heterocycles. The number of hydrogen-bond acceptors (Lipinski definition) is 2. The van der Waals surface area contributed by atoms with Crippen LogP contribution in [0.3, 0.4) is 0 Å². The summed E-state index contributed by atoms with van der Waals surface area (Å²) >= 11 is 3.28. The molecular weight excluding hydrogens is 323 g/mol. The standard InChI is InChI=1S/C16H16BrFO2/c1-2-9-20-15-6-4-3-5-13(15)16(19)12-8-7-11(18)10-14(12)17/h3-8,10,16,19H,2,9H2,1H3. The van der Waals surface area contributed by atoms with Crippen molar-refractivity contribution in [1.29, 1.82) is 0 Å². The lowest BCUT2D eigenvalue weighted by Crippen LogP contribution is -2.05. The molecule has 2 nitrogen and oxygen atoms in total. The number of para-hydroxylation sites is 1. The molecule has 0 saturated carbocycles. The van der Waals surface area contributed by atoms with Crippen LogP contribution in [-0.4, -0.2) is 11.7 Å². The van der Waals surface area contributed by atoms with Gasteiger partial charge in [0.2, 0.25) is 0 Å². The Balaban J connectivity index is 2.35. The molecule has 1 N–H and O–H groups in total. The van der Waals surface area contributed by atoms with Crippen molar-refractivity contribution in [3.05, 3.63) is 63.9 Å². The fourth-order valence-electron chi connectivity index (χ4n) is 1.94. The van der Waals surface area contributed by atoms with Crippen molar-refractivity contribution in [3.8, 4) is 5.75 Å². The summed E-state index contributed by atoms with van der Waals surface area (Å²) < 4.78 is 19.3. The molecule has 0 spiro atoms. The van der Waals surface area contributed by atoms with Gasteiger partial charge in [0.1, 0.15) is 17.7 Å². The highest BCUT2D eigenvalue weighted by atomic mass is 79.9. The first-order chi connectivity index (χ1) is 9.63. The zero-order valence-electron chi connectivity index (χ0n) is 11.1. The fourth-order valence-corrected chi connectivity index (χ4v) is 2.51. The second-order valence-electron chi connectivity index (χ2n) is 4.45. The van der Waals surface area contributed by atoms with E-state index in [0.29, 0.717) is 28.0 Å². The van der Waals surface area contributed by atoms with Crippen LogP contribution in [0.2, 0.25) is 0 Å². The molecule has 0 radical (unpaired) electrons. The van der Waals surface area contributed by atoms with Gasteiger partial charge in [-0.2, -0.15) is 0 Å². The van der Waals surface area contributed by atoms with Crippen molar-refractivity contribution in [2.24, 2.45) is 0 Å². The second-order valence-corrected chi connectivity index (χ2v) is 5.31. The van der Waals surface area contributed by atoms with Gasteiger partial charge in [0.15, 0.2) is 0 Å². The van der Waals surface area contributed by atoms with E-state index in [1.54, 1.807) is 6.07 Å². The number of hydrogen-bond donors (Lipinski definition) is 1. The third-order valence-electron chi connectivity index (χ3n) is 2.93. The molecule has 0 amide bonds. The van der Waals surface area contributed by atoms with E-state index in [0.717, 1.165) is 6.42 Å². The zero-order chi connectivity index (χ0) is 14.5. The molecular formula is C16H16BrFO2. The third-order valence-corrected chi connectivity index (χ3v) is 3.62. The van der Waals surface area contributed by atoms with Crippen LogP contribution >= 0.6 is 15.9 Å². The monoisotopic (exact) mass is 338 g/mol. The molecule has 1 atom stereocenters. The van der Waals surface area contributed by atoms with E-state index in [-0.39, 0.29) is 5.82 Å². The van der Waals surface area contributed by atoms with Crippen LogP contribution in [0.1, 0.15) is 30.6 Å². The number of benzene rings is 2. The largest absolute Gasteiger partial charge is 0.493 e. The molecule has 2 aromatic carbocycles. The van der Waals surface area contributed by atoms with Crippen LogP contribution in [0.4, 0.5) is 4.39 Å². The number of aliphatic hydroxyl groups excluding tert-OH is 1. The summed E-state index contributed by atoms with van der Waals surface area (Å²) in [6, 6.07) is 11.6. The molecule has 0 aromatic heterocycles. The predicted molar refractivity (Wildman–Crippen MR) is 80.4 cm³/mol. The smallest absolute Gasteiger partial charge is 0.125 e. The first-order valence-corrected chi connectivity index (χ1v) is 7.27. The van der Waals surface area contributed by atoms with Crippen molar-refractivity contribution in [3.63, 3.8) is 0 Å². The van der Waals surface area contributed by atoms with E-state index in [1.807, 2.05) is 31.2 Å². The van der Waals surface area contributed by atoms with Gasteiger partial charge in [0.25, 0.3) is 0 Å². The third kappa shape index (κ3) is 3.38. The minimum absolute atomic E-state index is 0.344. The molecule has 0 aliphatic carbocycles. The summed E-state index contributed by atoms with van der Waals surface area (Å²) in [7, 11) is 0. The fraction of sp³-hybridized carbons (Fsp3) is 0.250. The normalized spacial score (nSPS) is 12.2. The zero-order valence-corrected chi connectivity index (χ0v) is 12.7. The molecule has 0 bridgehead atoms. The van der Waals surface area contributed by atoms with E-state index in [9.17, 15) is 9.50 Å². The molecule has 0 heterocycles. The van der Waals surface area contributed by atoms with E-state index < -0.39 is 6.10 Å². The molecule has 20 heavy (non-hydrogen) atoms. The average Bonchev–Trinajstić information content (AvgIpc) is 2.45. The molecule has 0 saturated heterocycles. The Morgan fingerprint density at radius 2 is 1.95 bits per heavy atom. The molecule has 0 aliphatic rings. The minimum atomic E-state index is -0.863. The number of ether oxygens (including phenoxy) is 1. The van der Waals surface area contributed by atoms with Crippen molar-refractivity contribution in [2.75, 3.05) is 6.61 Å².